The average molecular weight is 240 g/mol. The summed E-state index contributed by atoms with van der Waals surface area (Å²) in [5, 5.41) is 21.0. The summed E-state index contributed by atoms with van der Waals surface area (Å²) < 4.78 is 0. The van der Waals surface area contributed by atoms with Crippen molar-refractivity contribution >= 4 is 5.97 Å². The maximum atomic E-state index is 11.1. The molecule has 0 spiro atoms. The quantitative estimate of drug-likeness (QED) is 0.516. The molecule has 3 unspecified atom stereocenters. The Morgan fingerprint density at radius 2 is 1.82 bits per heavy atom. The average Bonchev–Trinajstić information content (AvgIpc) is 2.11. The molecule has 4 aliphatic carbocycles. The summed E-state index contributed by atoms with van der Waals surface area (Å²) in [7, 11) is 0. The Bertz CT molecular complexity index is 366. The van der Waals surface area contributed by atoms with E-state index in [0.717, 1.165) is 12.8 Å². The van der Waals surface area contributed by atoms with Gasteiger partial charge in [-0.15, -0.1) is 10.1 Å². The normalized spacial score (nSPS) is 46.8. The molecule has 0 N–H and O–H groups in total. The van der Waals surface area contributed by atoms with Gasteiger partial charge in [0.2, 0.25) is 0 Å². The molecule has 0 aliphatic heterocycles. The lowest BCUT2D eigenvalue weighted by molar-refractivity contribution is -0.785. The van der Waals surface area contributed by atoms with E-state index >= 15 is 0 Å². The number of carboxylic acid groups (broad SMARTS) is 1. The smallest absolute Gasteiger partial charge is 0.295 e. The van der Waals surface area contributed by atoms with E-state index in [9.17, 15) is 20.0 Å². The second kappa shape index (κ2) is 3.34. The predicted molar refractivity (Wildman–Crippen MR) is 52.9 cm³/mol. The summed E-state index contributed by atoms with van der Waals surface area (Å²) in [4.78, 5) is 26.6. The van der Waals surface area contributed by atoms with Crippen molar-refractivity contribution in [1.82, 2.24) is 0 Å². The highest BCUT2D eigenvalue weighted by atomic mass is 17.0. The van der Waals surface area contributed by atoms with Gasteiger partial charge >= 0.3 is 0 Å². The molecule has 94 valence electrons. The van der Waals surface area contributed by atoms with Crippen LogP contribution in [-0.2, 0) is 9.63 Å². The van der Waals surface area contributed by atoms with Crippen molar-refractivity contribution in [3.63, 3.8) is 0 Å². The Labute approximate surface area is 98.0 Å². The third-order valence-corrected chi connectivity index (χ3v) is 4.76. The van der Waals surface area contributed by atoms with Gasteiger partial charge in [0.05, 0.1) is 0 Å². The molecule has 0 amide bonds. The van der Waals surface area contributed by atoms with Gasteiger partial charge in [-0.2, -0.15) is 0 Å². The summed E-state index contributed by atoms with van der Waals surface area (Å²) in [6.45, 7) is 0. The van der Waals surface area contributed by atoms with Crippen LogP contribution in [0.15, 0.2) is 0 Å². The van der Waals surface area contributed by atoms with Gasteiger partial charge in [0.15, 0.2) is 0 Å². The zero-order chi connectivity index (χ0) is 12.2. The third-order valence-electron chi connectivity index (χ3n) is 4.76. The maximum Gasteiger partial charge on any atom is 0.295 e. The summed E-state index contributed by atoms with van der Waals surface area (Å²) in [5.41, 5.74) is -0.702. The van der Waals surface area contributed by atoms with E-state index in [1.807, 2.05) is 0 Å². The van der Waals surface area contributed by atoms with Crippen molar-refractivity contribution in [2.75, 3.05) is 0 Å². The Morgan fingerprint density at radius 1 is 1.24 bits per heavy atom. The van der Waals surface area contributed by atoms with Gasteiger partial charge in [-0.3, -0.25) is 0 Å². The number of hydrogen-bond acceptors (Lipinski definition) is 5. The molecule has 6 heteroatoms. The molecule has 0 radical (unpaired) electrons. The fraction of sp³-hybridized carbons (Fsp3) is 0.909. The second-order valence-corrected chi connectivity index (χ2v) is 5.81. The molecule has 0 saturated heterocycles. The first-order valence-electron chi connectivity index (χ1n) is 6.03. The van der Waals surface area contributed by atoms with Crippen LogP contribution in [0, 0.1) is 33.8 Å². The van der Waals surface area contributed by atoms with E-state index in [2.05, 4.69) is 0 Å². The van der Waals surface area contributed by atoms with Crippen molar-refractivity contribution in [2.45, 2.75) is 37.7 Å². The Hall–Kier alpha value is -1.33. The lowest BCUT2D eigenvalue weighted by Crippen LogP contribution is -2.59. The minimum atomic E-state index is -0.991. The van der Waals surface area contributed by atoms with E-state index in [1.165, 1.54) is 0 Å². The van der Waals surface area contributed by atoms with Gasteiger partial charge < -0.3 is 14.7 Å². The number of aliphatic carboxylic acids is 1. The summed E-state index contributed by atoms with van der Waals surface area (Å²) in [6, 6.07) is 0. The zero-order valence-electron chi connectivity index (χ0n) is 9.33. The van der Waals surface area contributed by atoms with Gasteiger partial charge in [0.25, 0.3) is 5.09 Å². The van der Waals surface area contributed by atoms with E-state index in [-0.39, 0.29) is 11.8 Å². The van der Waals surface area contributed by atoms with Crippen LogP contribution >= 0.6 is 0 Å². The highest BCUT2D eigenvalue weighted by molar-refractivity contribution is 5.69. The maximum absolute atomic E-state index is 11.1. The van der Waals surface area contributed by atoms with Gasteiger partial charge in [-0.05, 0) is 49.9 Å². The van der Waals surface area contributed by atoms with Crippen LogP contribution in [0.2, 0.25) is 0 Å². The molecule has 0 heterocycles. The van der Waals surface area contributed by atoms with Crippen LogP contribution in [0.25, 0.3) is 0 Å². The molecule has 0 aromatic carbocycles. The molecular weight excluding hydrogens is 226 g/mol. The van der Waals surface area contributed by atoms with Crippen LogP contribution in [0.5, 0.6) is 0 Å². The number of rotatable bonds is 3. The molecule has 6 nitrogen and oxygen atoms in total. The molecule has 17 heavy (non-hydrogen) atoms. The van der Waals surface area contributed by atoms with Gasteiger partial charge in [-0.25, -0.2) is 0 Å². The second-order valence-electron chi connectivity index (χ2n) is 5.81. The van der Waals surface area contributed by atoms with Crippen molar-refractivity contribution < 1.29 is 19.8 Å². The number of carbonyl (C=O) groups is 1. The van der Waals surface area contributed by atoms with Gasteiger partial charge in [0, 0.05) is 11.9 Å². The fourth-order valence-corrected chi connectivity index (χ4v) is 4.60. The molecule has 0 aromatic heterocycles. The molecule has 4 fully saturated rings. The summed E-state index contributed by atoms with van der Waals surface area (Å²) in [5.74, 6) is -1.01. The van der Waals surface area contributed by atoms with Crippen LogP contribution in [0.3, 0.4) is 0 Å². The number of nitrogens with zero attached hydrogens (tertiary/aromatic N) is 1. The van der Waals surface area contributed by atoms with Crippen LogP contribution in [-0.4, -0.2) is 16.7 Å². The van der Waals surface area contributed by atoms with Gasteiger partial charge in [0.1, 0.15) is 5.60 Å². The van der Waals surface area contributed by atoms with E-state index in [1.54, 1.807) is 0 Å². The first kappa shape index (κ1) is 10.8. The molecular formula is C11H14NO5-. The predicted octanol–water partition coefficient (Wildman–Crippen LogP) is 0.139. The first-order chi connectivity index (χ1) is 7.99. The fourth-order valence-electron chi connectivity index (χ4n) is 4.60. The number of carbonyl (C=O) groups excluding carboxylic acids is 1. The minimum Gasteiger partial charge on any atom is -0.550 e. The lowest BCUT2D eigenvalue weighted by Gasteiger charge is -2.58. The van der Waals surface area contributed by atoms with Gasteiger partial charge in [-0.1, -0.05) is 0 Å². The lowest BCUT2D eigenvalue weighted by atomic mass is 9.50. The highest BCUT2D eigenvalue weighted by Gasteiger charge is 2.57. The SMILES string of the molecule is O=C([O-])C1[C@@H]2CC3C[C@H]1CC(O[N+](=O)[O-])(C3)C2. The van der Waals surface area contributed by atoms with Crippen LogP contribution in [0.4, 0.5) is 0 Å². The van der Waals surface area contributed by atoms with E-state index in [4.69, 9.17) is 4.84 Å². The molecule has 5 atom stereocenters. The standard InChI is InChI=1S/C11H15NO5/c13-10(14)9-7-1-6-2-8(9)5-11(3-6,4-7)17-12(15)16/h6-9H,1-5H2,(H,13,14)/p-1/t6?,7-,8+,9?,11?. The Kier molecular flexibility index (Phi) is 2.12. The topological polar surface area (TPSA) is 92.5 Å². The van der Waals surface area contributed by atoms with Crippen LogP contribution in [0.1, 0.15) is 32.1 Å². The van der Waals surface area contributed by atoms with E-state index in [0.29, 0.717) is 25.2 Å². The van der Waals surface area contributed by atoms with E-state index < -0.39 is 22.6 Å². The molecule has 4 aliphatic rings. The largest absolute Gasteiger partial charge is 0.550 e. The highest BCUT2D eigenvalue weighted by Crippen LogP contribution is 2.59. The van der Waals surface area contributed by atoms with Crippen LogP contribution < -0.4 is 5.11 Å². The minimum absolute atomic E-state index is 0.00574. The number of hydrogen-bond donors (Lipinski definition) is 0. The number of carboxylic acids is 1. The zero-order valence-corrected chi connectivity index (χ0v) is 9.33. The third kappa shape index (κ3) is 1.57. The molecule has 0 aromatic rings. The van der Waals surface area contributed by atoms with Crippen molar-refractivity contribution in [3.8, 4) is 0 Å². The molecule has 4 rings (SSSR count). The molecule has 4 bridgehead atoms. The first-order valence-corrected chi connectivity index (χ1v) is 6.03. The Balaban J connectivity index is 1.86. The van der Waals surface area contributed by atoms with Crippen molar-refractivity contribution in [3.05, 3.63) is 10.1 Å². The summed E-state index contributed by atoms with van der Waals surface area (Å²) >= 11 is 0. The summed E-state index contributed by atoms with van der Waals surface area (Å²) in [6.07, 6.45) is 3.43. The van der Waals surface area contributed by atoms with Crippen molar-refractivity contribution in [2.24, 2.45) is 23.7 Å². The molecule has 4 saturated carbocycles. The Morgan fingerprint density at radius 3 is 2.29 bits per heavy atom. The van der Waals surface area contributed by atoms with Crippen molar-refractivity contribution in [1.29, 1.82) is 0 Å². The monoisotopic (exact) mass is 240 g/mol.